The summed E-state index contributed by atoms with van der Waals surface area (Å²) in [6.07, 6.45) is 26.3. The number of benzene rings is 3. The molecular formula is C83H131B4N5O5Si. The molecule has 0 saturated heterocycles. The maximum absolute atomic E-state index is 12.2. The number of carbonyl (C=O) groups excluding carboxylic acids is 2. The van der Waals surface area contributed by atoms with Gasteiger partial charge >= 0.3 is 0 Å². The fraction of sp³-hybridized carbons (Fsp3) is 0.639. The highest BCUT2D eigenvalue weighted by Gasteiger charge is 2.61. The normalized spacial score (nSPS) is 22.8. The minimum Gasteiger partial charge on any atom is -0.417 e. The van der Waals surface area contributed by atoms with Gasteiger partial charge in [-0.25, -0.2) is 0 Å². The van der Waals surface area contributed by atoms with Crippen LogP contribution in [0.5, 0.6) is 0 Å². The maximum Gasteiger partial charge on any atom is 0.261 e. The fourth-order valence-electron chi connectivity index (χ4n) is 16.5. The van der Waals surface area contributed by atoms with Crippen LogP contribution < -0.4 is 0 Å². The molecule has 9 rings (SSSR count). The van der Waals surface area contributed by atoms with Crippen LogP contribution in [0.2, 0.25) is 18.1 Å². The van der Waals surface area contributed by atoms with Gasteiger partial charge in [0.1, 0.15) is 5.60 Å². The first kappa shape index (κ1) is 82.7. The van der Waals surface area contributed by atoms with E-state index in [1.807, 2.05) is 48.4 Å². The Morgan fingerprint density at radius 2 is 0.990 bits per heavy atom. The first-order valence-corrected chi connectivity index (χ1v) is 41.1. The Balaban J connectivity index is 0.000000208. The Bertz CT molecular complexity index is 3040. The fourth-order valence-corrected chi connectivity index (χ4v) is 17.6. The van der Waals surface area contributed by atoms with Gasteiger partial charge in [0.25, 0.3) is 11.8 Å². The lowest BCUT2D eigenvalue weighted by Gasteiger charge is -2.55. The number of imide groups is 1. The molecule has 98 heavy (non-hydrogen) atoms. The monoisotopic (exact) mass is 1350 g/mol. The number of amides is 2. The zero-order valence-electron chi connectivity index (χ0n) is 65.3. The highest BCUT2D eigenvalue weighted by Crippen LogP contribution is 2.65. The van der Waals surface area contributed by atoms with E-state index in [1.54, 1.807) is 29.8 Å². The van der Waals surface area contributed by atoms with Gasteiger partial charge in [0, 0.05) is 18.6 Å². The predicted octanol–water partition coefficient (Wildman–Crippen LogP) is 18.4. The molecule has 534 valence electrons. The molecule has 3 saturated carbocycles. The van der Waals surface area contributed by atoms with Gasteiger partial charge < -0.3 is 33.9 Å². The third-order valence-electron chi connectivity index (χ3n) is 22.8. The van der Waals surface area contributed by atoms with Gasteiger partial charge in [-0.05, 0) is 208 Å². The number of carbonyl (C=O) groups is 2. The molecule has 2 N–H and O–H groups in total. The Kier molecular flexibility index (Phi) is 31.4. The van der Waals surface area contributed by atoms with Crippen LogP contribution in [0, 0.1) is 29.1 Å². The van der Waals surface area contributed by atoms with Crippen molar-refractivity contribution in [2.24, 2.45) is 29.1 Å². The lowest BCUT2D eigenvalue weighted by molar-refractivity contribution is -0.0907. The van der Waals surface area contributed by atoms with E-state index in [9.17, 15) is 19.8 Å². The van der Waals surface area contributed by atoms with E-state index in [0.29, 0.717) is 77.0 Å². The average molecular weight is 1350 g/mol. The quantitative estimate of drug-likeness (QED) is 0.0335. The molecule has 3 fully saturated rings. The molecule has 2 amide bonds. The van der Waals surface area contributed by atoms with Crippen LogP contribution in [0.3, 0.4) is 0 Å². The number of rotatable bonds is 27. The average Bonchev–Trinajstić information content (AvgIpc) is 1.51. The first-order valence-electron chi connectivity index (χ1n) is 38.2. The number of allylic oxidation sites excluding steroid dienone is 4. The van der Waals surface area contributed by atoms with Crippen molar-refractivity contribution in [2.45, 2.75) is 300 Å². The van der Waals surface area contributed by atoms with E-state index in [0.717, 1.165) is 78.7 Å². The molecule has 3 aromatic rings. The summed E-state index contributed by atoms with van der Waals surface area (Å²) in [6, 6.07) is 27.1. The third-order valence-corrected chi connectivity index (χ3v) is 27.3. The highest BCUT2D eigenvalue weighted by molar-refractivity contribution is 6.74. The van der Waals surface area contributed by atoms with Crippen molar-refractivity contribution < 1.29 is 24.2 Å². The molecule has 0 aromatic heterocycles. The molecule has 1 heterocycles. The second kappa shape index (κ2) is 37.2. The number of unbranched alkanes of at least 4 members (excludes halogenated alkanes) is 2. The molecule has 15 heteroatoms. The second-order valence-corrected chi connectivity index (χ2v) is 37.8. The molecule has 10 nitrogen and oxygen atoms in total. The first-order chi connectivity index (χ1) is 46.1. The highest BCUT2D eigenvalue weighted by atomic mass is 28.4. The summed E-state index contributed by atoms with van der Waals surface area (Å²) in [6.45, 7) is 50.6. The van der Waals surface area contributed by atoms with E-state index in [-0.39, 0.29) is 17.2 Å². The van der Waals surface area contributed by atoms with E-state index < -0.39 is 19.5 Å². The van der Waals surface area contributed by atoms with Crippen LogP contribution >= 0.6 is 0 Å². The molecular weight excluding hydrogens is 1220 g/mol. The molecule has 1 aliphatic heterocycles. The van der Waals surface area contributed by atoms with Gasteiger partial charge in [-0.15, -0.1) is 23.9 Å². The molecule has 4 radical (unpaired) electrons. The van der Waals surface area contributed by atoms with Crippen LogP contribution in [0.25, 0.3) is 11.1 Å². The van der Waals surface area contributed by atoms with Gasteiger partial charge in [0.2, 0.25) is 29.7 Å². The van der Waals surface area contributed by atoms with E-state index >= 15 is 0 Å². The number of fused-ring (bicyclic) bond motifs is 9. The summed E-state index contributed by atoms with van der Waals surface area (Å²) in [4.78, 5) is 35.2. The molecule has 3 aromatic carbocycles. The van der Waals surface area contributed by atoms with Gasteiger partial charge in [0.15, 0.2) is 8.32 Å². The molecule has 6 aliphatic rings. The largest absolute Gasteiger partial charge is 0.417 e. The van der Waals surface area contributed by atoms with Gasteiger partial charge in [-0.3, -0.25) is 14.5 Å². The number of hydrogen-bond acceptors (Lipinski definition) is 9. The SMILES string of the molecule is CC(C)N([B]/C=C/C1(O)c2ccccc2-c2ccccc21)C(C)C.CC(C)N([B]/C=C/CCCN1C(=O)c2ccccc2C1=O)C(C)C.CC(C)N([B]/C=C/CCCO[Si](C)(C)C(C)(C)C)C(C)C.CC(C)N([B]/C=C/[C@]1(O)CC[C@H]2[C@@H]3CCC4=CCCC[C@@H]4[C@H]3CC[C@@]21C)C(C)C. The Morgan fingerprint density at radius 1 is 0.561 bits per heavy atom. The van der Waals surface area contributed by atoms with Crippen LogP contribution in [0.15, 0.2) is 133 Å². The number of nitrogens with zero attached hydrogens (tertiary/aromatic N) is 5. The molecule has 0 bridgehead atoms. The summed E-state index contributed by atoms with van der Waals surface area (Å²) in [5.41, 5.74) is 5.33. The standard InChI is InChI=1S/C26H43BNO.C21H25BNO.C19H26BN2O2.C17H37BNOSi/c1-18(2)28(19(3)4)27-17-16-26(29)15-13-24-23-11-10-20-8-6-7-9-21(20)22(23)12-14-25(24,26)5;1-15(2)23(16(3)4)22-14-13-21(24)19-11-7-5-9-17(19)18-10-6-8-12-20(18)21;1-14(2)22(15(3)4)20-12-8-5-9-13-21-18(23)16-10-6-7-11-17(16)19(21)24;1-15(2)19(16(3)4)18-13-11-10-12-14-20-21(8,9)17(5,6)7/h8,16-19,21-24,29H,6-7,9-15H2,1-5H3;5-16,24H,1-4H3;6-8,10-12,14-15H,5,9,13H2,1-4H3;11,13,15-16H,10,12,14H2,1-9H3/b17-16+;14-13+;12-8+;13-11+/t21-,22+,23+,24-,25-,26+;;;/m0.../s1. The molecule has 5 aliphatic carbocycles. The van der Waals surface area contributed by atoms with Gasteiger partial charge in [0.05, 0.1) is 16.7 Å². The molecule has 0 unspecified atom stereocenters. The Hall–Kier alpha value is -4.30. The smallest absolute Gasteiger partial charge is 0.261 e. The zero-order chi connectivity index (χ0) is 72.5. The van der Waals surface area contributed by atoms with Crippen molar-refractivity contribution in [3.8, 4) is 11.1 Å². The van der Waals surface area contributed by atoms with Crippen LogP contribution in [0.4, 0.5) is 0 Å². The summed E-state index contributed by atoms with van der Waals surface area (Å²) < 4.78 is 6.18. The van der Waals surface area contributed by atoms with Gasteiger partial charge in [-0.2, -0.15) is 0 Å². The summed E-state index contributed by atoms with van der Waals surface area (Å²) in [5, 5.41) is 23.6. The Morgan fingerprint density at radius 3 is 1.45 bits per heavy atom. The predicted molar refractivity (Wildman–Crippen MR) is 423 cm³/mol. The van der Waals surface area contributed by atoms with Crippen molar-refractivity contribution in [3.05, 3.63) is 155 Å². The lowest BCUT2D eigenvalue weighted by atomic mass is 9.50. The molecule has 0 spiro atoms. The lowest BCUT2D eigenvalue weighted by Crippen LogP contribution is -2.52. The minimum absolute atomic E-state index is 0.0505. The van der Waals surface area contributed by atoms with Crippen LogP contribution in [-0.4, -0.2) is 151 Å². The van der Waals surface area contributed by atoms with E-state index in [1.165, 1.54) is 56.3 Å². The van der Waals surface area contributed by atoms with Crippen molar-refractivity contribution in [2.75, 3.05) is 13.2 Å². The van der Waals surface area contributed by atoms with Crippen molar-refractivity contribution in [1.82, 2.24) is 24.1 Å². The summed E-state index contributed by atoms with van der Waals surface area (Å²) in [7, 11) is 7.04. The van der Waals surface area contributed by atoms with Crippen molar-refractivity contribution >= 4 is 49.8 Å². The summed E-state index contributed by atoms with van der Waals surface area (Å²) >= 11 is 0. The molecule has 6 atom stereocenters. The van der Waals surface area contributed by atoms with E-state index in [2.05, 4.69) is 255 Å². The minimum atomic E-state index is -1.56. The number of aliphatic hydroxyl groups is 2. The maximum atomic E-state index is 12.2. The van der Waals surface area contributed by atoms with E-state index in [4.69, 9.17) is 4.43 Å². The Labute approximate surface area is 602 Å². The van der Waals surface area contributed by atoms with Crippen LogP contribution in [0.1, 0.15) is 254 Å². The zero-order valence-corrected chi connectivity index (χ0v) is 66.3. The number of hydrogen-bond donors (Lipinski definition) is 2. The topological polar surface area (TPSA) is 100 Å². The third kappa shape index (κ3) is 20.7. The van der Waals surface area contributed by atoms with Crippen molar-refractivity contribution in [1.29, 1.82) is 0 Å². The second-order valence-electron chi connectivity index (χ2n) is 33.0. The van der Waals surface area contributed by atoms with Gasteiger partial charge in [-0.1, -0.05) is 235 Å². The van der Waals surface area contributed by atoms with Crippen LogP contribution in [-0.2, 0) is 10.0 Å². The summed E-state index contributed by atoms with van der Waals surface area (Å²) in [5.74, 6) is 11.3. The van der Waals surface area contributed by atoms with Crippen molar-refractivity contribution in [3.63, 3.8) is 0 Å².